The van der Waals surface area contributed by atoms with E-state index < -0.39 is 5.91 Å². The molecule has 0 bridgehead atoms. The van der Waals surface area contributed by atoms with Crippen molar-refractivity contribution < 1.29 is 4.79 Å². The smallest absolute Gasteiger partial charge is 0.287 e. The highest BCUT2D eigenvalue weighted by atomic mass is 32.2. The van der Waals surface area contributed by atoms with Gasteiger partial charge in [-0.25, -0.2) is 5.84 Å². The number of carbonyl (C=O) groups is 1. The van der Waals surface area contributed by atoms with Gasteiger partial charge in [0.15, 0.2) is 10.9 Å². The lowest BCUT2D eigenvalue weighted by molar-refractivity contribution is 0.0948. The van der Waals surface area contributed by atoms with Crippen molar-refractivity contribution in [3.8, 4) is 0 Å². The minimum absolute atomic E-state index is 0.196. The van der Waals surface area contributed by atoms with E-state index in [0.717, 1.165) is 16.7 Å². The second-order valence-corrected chi connectivity index (χ2v) is 4.84. The summed E-state index contributed by atoms with van der Waals surface area (Å²) in [7, 11) is 1.91. The fraction of sp³-hybridized carbons (Fsp3) is 0.444. The average Bonchev–Trinajstić information content (AvgIpc) is 3.00. The van der Waals surface area contributed by atoms with E-state index >= 15 is 0 Å². The van der Waals surface area contributed by atoms with Gasteiger partial charge in [0.1, 0.15) is 5.82 Å². The topological polar surface area (TPSA) is 117 Å². The van der Waals surface area contributed by atoms with E-state index in [1.165, 1.54) is 0 Å². The van der Waals surface area contributed by atoms with E-state index in [9.17, 15) is 4.79 Å². The molecule has 2 rings (SSSR count). The van der Waals surface area contributed by atoms with Crippen molar-refractivity contribution in [2.24, 2.45) is 12.9 Å². The minimum atomic E-state index is -0.456. The van der Waals surface area contributed by atoms with Gasteiger partial charge in [-0.15, -0.1) is 15.3 Å². The maximum Gasteiger partial charge on any atom is 0.287 e. The van der Waals surface area contributed by atoms with Crippen LogP contribution >= 0.6 is 11.8 Å². The molecular formula is C9H14N8OS. The van der Waals surface area contributed by atoms with Crippen LogP contribution in [0, 0.1) is 6.92 Å². The van der Waals surface area contributed by atoms with Crippen molar-refractivity contribution in [3.05, 3.63) is 17.7 Å². The molecule has 0 aliphatic rings. The Morgan fingerprint density at radius 3 is 2.89 bits per heavy atom. The van der Waals surface area contributed by atoms with E-state index in [-0.39, 0.29) is 5.69 Å². The second kappa shape index (κ2) is 5.80. The van der Waals surface area contributed by atoms with Crippen LogP contribution in [0.4, 0.5) is 0 Å². The van der Waals surface area contributed by atoms with Crippen molar-refractivity contribution >= 4 is 17.7 Å². The molecule has 2 aromatic rings. The quantitative estimate of drug-likeness (QED) is 0.316. The van der Waals surface area contributed by atoms with Crippen LogP contribution in [-0.2, 0) is 13.6 Å². The molecule has 0 fully saturated rings. The molecule has 0 atom stereocenters. The summed E-state index contributed by atoms with van der Waals surface area (Å²) in [6.07, 6.45) is 1.55. The number of nitrogen functional groups attached to an aromatic ring is 1. The number of hydrogen-bond acceptors (Lipinski definition) is 7. The molecule has 0 spiro atoms. The first-order valence-electron chi connectivity index (χ1n) is 5.51. The number of hydrogen-bond donors (Lipinski definition) is 2. The van der Waals surface area contributed by atoms with Gasteiger partial charge >= 0.3 is 0 Å². The Bertz CT molecular complexity index is 577. The van der Waals surface area contributed by atoms with E-state index in [1.807, 2.05) is 24.0 Å². The molecule has 0 radical (unpaired) electrons. The van der Waals surface area contributed by atoms with Gasteiger partial charge in [-0.05, 0) is 6.92 Å². The number of nitrogens with two attached hydrogens (primary N) is 1. The lowest BCUT2D eigenvalue weighted by atomic mass is 10.5. The number of amides is 1. The first-order chi connectivity index (χ1) is 9.11. The standard InChI is InChI=1S/C9H14N8OS/c1-6-12-14-9(16(6)2)19-4-3-17-5-7(13-15-17)8(18)11-10/h5H,3-4,10H2,1-2H3,(H,11,18). The molecule has 9 nitrogen and oxygen atoms in total. The van der Waals surface area contributed by atoms with E-state index in [2.05, 4.69) is 20.5 Å². The first kappa shape index (κ1) is 13.5. The molecule has 0 saturated carbocycles. The lowest BCUT2D eigenvalue weighted by Gasteiger charge is -2.01. The van der Waals surface area contributed by atoms with Crippen molar-refractivity contribution in [2.75, 3.05) is 5.75 Å². The molecule has 2 heterocycles. The van der Waals surface area contributed by atoms with Crippen LogP contribution < -0.4 is 11.3 Å². The number of thioether (sulfide) groups is 1. The number of aromatic nitrogens is 6. The summed E-state index contributed by atoms with van der Waals surface area (Å²) in [6, 6.07) is 0. The van der Waals surface area contributed by atoms with Crippen LogP contribution in [0.2, 0.25) is 0 Å². The largest absolute Gasteiger partial charge is 0.309 e. The summed E-state index contributed by atoms with van der Waals surface area (Å²) in [5.41, 5.74) is 2.20. The molecule has 102 valence electrons. The minimum Gasteiger partial charge on any atom is -0.309 e. The maximum atomic E-state index is 11.2. The van der Waals surface area contributed by atoms with Gasteiger partial charge in [0.25, 0.3) is 5.91 Å². The summed E-state index contributed by atoms with van der Waals surface area (Å²) in [6.45, 7) is 2.51. The van der Waals surface area contributed by atoms with Crippen LogP contribution in [0.15, 0.2) is 11.4 Å². The number of carbonyl (C=O) groups excluding carboxylic acids is 1. The predicted octanol–water partition coefficient (Wildman–Crippen LogP) is -0.889. The lowest BCUT2D eigenvalue weighted by Crippen LogP contribution is -2.30. The number of nitrogens with zero attached hydrogens (tertiary/aromatic N) is 6. The molecule has 1 amide bonds. The van der Waals surface area contributed by atoms with Crippen LogP contribution in [0.25, 0.3) is 0 Å². The highest BCUT2D eigenvalue weighted by Crippen LogP contribution is 2.15. The molecule has 0 aliphatic carbocycles. The van der Waals surface area contributed by atoms with Gasteiger partial charge in [-0.2, -0.15) is 0 Å². The van der Waals surface area contributed by atoms with Gasteiger partial charge in [-0.1, -0.05) is 17.0 Å². The molecule has 2 aromatic heterocycles. The molecule has 0 aliphatic heterocycles. The SMILES string of the molecule is Cc1nnc(SCCn2cc(C(=O)NN)nn2)n1C. The first-order valence-corrected chi connectivity index (χ1v) is 6.50. The fourth-order valence-electron chi connectivity index (χ4n) is 1.33. The zero-order valence-corrected chi connectivity index (χ0v) is 11.4. The van der Waals surface area contributed by atoms with Crippen molar-refractivity contribution in [1.82, 2.24) is 35.2 Å². The molecular weight excluding hydrogens is 268 g/mol. The van der Waals surface area contributed by atoms with Crippen LogP contribution in [-0.4, -0.2) is 41.4 Å². The third-order valence-corrected chi connectivity index (χ3v) is 3.51. The zero-order valence-electron chi connectivity index (χ0n) is 10.6. The van der Waals surface area contributed by atoms with E-state index in [1.54, 1.807) is 22.6 Å². The molecule has 0 unspecified atom stereocenters. The normalized spacial score (nSPS) is 10.7. The Balaban J connectivity index is 1.87. The summed E-state index contributed by atoms with van der Waals surface area (Å²) in [4.78, 5) is 11.2. The average molecular weight is 282 g/mol. The maximum absolute atomic E-state index is 11.2. The Morgan fingerprint density at radius 2 is 2.26 bits per heavy atom. The van der Waals surface area contributed by atoms with Crippen molar-refractivity contribution in [3.63, 3.8) is 0 Å². The predicted molar refractivity (Wildman–Crippen MR) is 68.1 cm³/mol. The Hall–Kier alpha value is -1.94. The monoisotopic (exact) mass is 282 g/mol. The molecule has 0 aromatic carbocycles. The van der Waals surface area contributed by atoms with Crippen molar-refractivity contribution in [1.29, 1.82) is 0 Å². The Labute approximate surface area is 113 Å². The number of hydrazine groups is 1. The number of aryl methyl sites for hydroxylation is 2. The molecule has 19 heavy (non-hydrogen) atoms. The van der Waals surface area contributed by atoms with E-state index in [4.69, 9.17) is 5.84 Å². The summed E-state index contributed by atoms with van der Waals surface area (Å²) < 4.78 is 3.50. The third-order valence-electron chi connectivity index (χ3n) is 2.51. The van der Waals surface area contributed by atoms with Gasteiger partial charge in [0, 0.05) is 12.8 Å². The molecule has 0 saturated heterocycles. The zero-order chi connectivity index (χ0) is 13.8. The molecule has 3 N–H and O–H groups in total. The Kier molecular flexibility index (Phi) is 4.12. The van der Waals surface area contributed by atoms with Gasteiger partial charge in [0.2, 0.25) is 0 Å². The third kappa shape index (κ3) is 3.09. The summed E-state index contributed by atoms with van der Waals surface area (Å²) >= 11 is 1.56. The van der Waals surface area contributed by atoms with Gasteiger partial charge in [0.05, 0.1) is 12.7 Å². The highest BCUT2D eigenvalue weighted by Gasteiger charge is 2.09. The van der Waals surface area contributed by atoms with Gasteiger partial charge < -0.3 is 4.57 Å². The highest BCUT2D eigenvalue weighted by molar-refractivity contribution is 7.99. The number of nitrogens with one attached hydrogen (secondary N) is 1. The molecule has 10 heteroatoms. The summed E-state index contributed by atoms with van der Waals surface area (Å²) in [5, 5.41) is 16.4. The van der Waals surface area contributed by atoms with Gasteiger partial charge in [-0.3, -0.25) is 14.9 Å². The second-order valence-electron chi connectivity index (χ2n) is 3.78. The van der Waals surface area contributed by atoms with Crippen LogP contribution in [0.1, 0.15) is 16.3 Å². The van der Waals surface area contributed by atoms with Crippen LogP contribution in [0.3, 0.4) is 0 Å². The Morgan fingerprint density at radius 1 is 1.47 bits per heavy atom. The summed E-state index contributed by atoms with van der Waals surface area (Å²) in [5.74, 6) is 6.17. The number of rotatable bonds is 5. The van der Waals surface area contributed by atoms with E-state index in [0.29, 0.717) is 6.54 Å². The van der Waals surface area contributed by atoms with Crippen LogP contribution in [0.5, 0.6) is 0 Å². The fourth-order valence-corrected chi connectivity index (χ4v) is 2.21. The van der Waals surface area contributed by atoms with Crippen molar-refractivity contribution in [2.45, 2.75) is 18.6 Å².